The smallest absolute Gasteiger partial charge is 0.226 e. The molecule has 0 atom stereocenters. The minimum Gasteiger partial charge on any atom is -0.382 e. The van der Waals surface area contributed by atoms with E-state index in [0.717, 1.165) is 11.5 Å². The van der Waals surface area contributed by atoms with Crippen LogP contribution in [0.1, 0.15) is 12.1 Å². The van der Waals surface area contributed by atoms with Gasteiger partial charge in [0, 0.05) is 32.8 Å². The lowest BCUT2D eigenvalue weighted by atomic mass is 10.3. The van der Waals surface area contributed by atoms with Crippen LogP contribution in [0.25, 0.3) is 11.2 Å². The highest BCUT2D eigenvalue weighted by Gasteiger charge is 2.12. The van der Waals surface area contributed by atoms with E-state index in [1.807, 2.05) is 38.1 Å². The average molecular weight is 340 g/mol. The number of carbonyl (C=O) groups excluding carboxylic acids is 1. The molecule has 3 rings (SSSR count). The van der Waals surface area contributed by atoms with Crippen LogP contribution in [0, 0.1) is 6.92 Å². The highest BCUT2D eigenvalue weighted by molar-refractivity contribution is 5.93. The van der Waals surface area contributed by atoms with E-state index in [1.54, 1.807) is 10.9 Å². The van der Waals surface area contributed by atoms with Gasteiger partial charge in [0.25, 0.3) is 0 Å². The van der Waals surface area contributed by atoms with Crippen molar-refractivity contribution in [3.05, 3.63) is 30.5 Å². The summed E-state index contributed by atoms with van der Waals surface area (Å²) < 4.78 is 1.78. The molecular weight excluding hydrogens is 320 g/mol. The molecule has 0 bridgehead atoms. The Morgan fingerprint density at radius 1 is 1.28 bits per heavy atom. The Bertz CT molecular complexity index is 918. The molecule has 0 aliphatic carbocycles. The number of nitrogens with one attached hydrogen (secondary N) is 1. The summed E-state index contributed by atoms with van der Waals surface area (Å²) in [5.41, 5.74) is 8.50. The average Bonchev–Trinajstić information content (AvgIpc) is 2.99. The van der Waals surface area contributed by atoms with Crippen LogP contribution in [0.4, 0.5) is 17.3 Å². The summed E-state index contributed by atoms with van der Waals surface area (Å²) in [5.74, 6) is 0.939. The summed E-state index contributed by atoms with van der Waals surface area (Å²) in [6.07, 6.45) is 3.27. The van der Waals surface area contributed by atoms with Crippen LogP contribution in [0.5, 0.6) is 0 Å². The van der Waals surface area contributed by atoms with Gasteiger partial charge < -0.3 is 20.5 Å². The van der Waals surface area contributed by atoms with Gasteiger partial charge in [-0.2, -0.15) is 0 Å². The predicted octanol–water partition coefficient (Wildman–Crippen LogP) is 1.21. The number of anilines is 3. The third kappa shape index (κ3) is 3.49. The van der Waals surface area contributed by atoms with E-state index in [1.165, 1.54) is 6.33 Å². The fourth-order valence-corrected chi connectivity index (χ4v) is 2.48. The molecule has 3 N–H and O–H groups in total. The van der Waals surface area contributed by atoms with Crippen molar-refractivity contribution in [3.8, 4) is 0 Å². The number of carbonyl (C=O) groups is 1. The Hall–Kier alpha value is -3.23. The largest absolute Gasteiger partial charge is 0.382 e. The zero-order valence-corrected chi connectivity index (χ0v) is 14.4. The predicted molar refractivity (Wildman–Crippen MR) is 96.3 cm³/mol. The normalized spacial score (nSPS) is 10.8. The van der Waals surface area contributed by atoms with Crippen molar-refractivity contribution in [1.29, 1.82) is 0 Å². The van der Waals surface area contributed by atoms with Gasteiger partial charge in [0.05, 0.1) is 12.0 Å². The van der Waals surface area contributed by atoms with Gasteiger partial charge in [-0.05, 0) is 19.1 Å². The lowest BCUT2D eigenvalue weighted by Crippen LogP contribution is -2.19. The molecule has 130 valence electrons. The van der Waals surface area contributed by atoms with E-state index in [0.29, 0.717) is 29.2 Å². The Morgan fingerprint density at radius 2 is 2.08 bits per heavy atom. The highest BCUT2D eigenvalue weighted by Crippen LogP contribution is 2.22. The first-order valence-electron chi connectivity index (χ1n) is 7.82. The van der Waals surface area contributed by atoms with E-state index in [4.69, 9.17) is 5.73 Å². The lowest BCUT2D eigenvalue weighted by molar-refractivity contribution is -0.116. The molecule has 9 nitrogen and oxygen atoms in total. The monoisotopic (exact) mass is 340 g/mol. The molecule has 0 aliphatic rings. The molecule has 0 spiro atoms. The first-order chi connectivity index (χ1) is 12.0. The molecule has 0 saturated heterocycles. The summed E-state index contributed by atoms with van der Waals surface area (Å²) in [6, 6.07) is 3.72. The van der Waals surface area contributed by atoms with Gasteiger partial charge in [-0.25, -0.2) is 19.9 Å². The van der Waals surface area contributed by atoms with Crippen molar-refractivity contribution in [2.24, 2.45) is 0 Å². The second kappa shape index (κ2) is 6.71. The number of aromatic nitrogens is 5. The molecule has 0 saturated carbocycles. The van der Waals surface area contributed by atoms with Crippen molar-refractivity contribution < 1.29 is 4.79 Å². The molecule has 1 amide bonds. The van der Waals surface area contributed by atoms with Gasteiger partial charge >= 0.3 is 0 Å². The summed E-state index contributed by atoms with van der Waals surface area (Å²) in [7, 11) is 3.78. The number of aryl methyl sites for hydroxylation is 2. The maximum Gasteiger partial charge on any atom is 0.226 e. The Balaban J connectivity index is 1.70. The Kier molecular flexibility index (Phi) is 4.46. The van der Waals surface area contributed by atoms with E-state index < -0.39 is 0 Å². The third-order valence-electron chi connectivity index (χ3n) is 3.72. The van der Waals surface area contributed by atoms with E-state index in [2.05, 4.69) is 25.3 Å². The van der Waals surface area contributed by atoms with Crippen molar-refractivity contribution in [2.75, 3.05) is 30.0 Å². The SMILES string of the molecule is Cc1ccc(NC(=O)CCn2cnc3c(N)ncnc32)c(N(C)C)n1. The van der Waals surface area contributed by atoms with E-state index in [9.17, 15) is 4.79 Å². The van der Waals surface area contributed by atoms with Crippen LogP contribution in [0.3, 0.4) is 0 Å². The zero-order valence-electron chi connectivity index (χ0n) is 14.4. The lowest BCUT2D eigenvalue weighted by Gasteiger charge is -2.17. The maximum atomic E-state index is 12.3. The zero-order chi connectivity index (χ0) is 18.0. The fourth-order valence-electron chi connectivity index (χ4n) is 2.48. The van der Waals surface area contributed by atoms with Crippen molar-refractivity contribution in [3.63, 3.8) is 0 Å². The molecule has 3 aromatic heterocycles. The summed E-state index contributed by atoms with van der Waals surface area (Å²) in [6.45, 7) is 2.35. The van der Waals surface area contributed by atoms with Crippen LogP contribution in [-0.2, 0) is 11.3 Å². The molecule has 0 radical (unpaired) electrons. The quantitative estimate of drug-likeness (QED) is 0.717. The van der Waals surface area contributed by atoms with Crippen molar-refractivity contribution in [1.82, 2.24) is 24.5 Å². The third-order valence-corrected chi connectivity index (χ3v) is 3.72. The number of hydrogen-bond acceptors (Lipinski definition) is 7. The summed E-state index contributed by atoms with van der Waals surface area (Å²) in [5, 5.41) is 2.91. The first kappa shape index (κ1) is 16.6. The number of nitrogens with zero attached hydrogens (tertiary/aromatic N) is 6. The number of fused-ring (bicyclic) bond motifs is 1. The second-order valence-corrected chi connectivity index (χ2v) is 5.89. The topological polar surface area (TPSA) is 115 Å². The number of imidazole rings is 1. The summed E-state index contributed by atoms with van der Waals surface area (Å²) in [4.78, 5) is 30.9. The standard InChI is InChI=1S/C16H20N8O/c1-10-4-5-11(15(21-10)23(2)3)22-12(25)6-7-24-9-20-13-14(17)18-8-19-16(13)24/h4-5,8-9H,6-7H2,1-3H3,(H,22,25)(H2,17,18,19). The first-order valence-corrected chi connectivity index (χ1v) is 7.82. The van der Waals surface area contributed by atoms with E-state index >= 15 is 0 Å². The van der Waals surface area contributed by atoms with E-state index in [-0.39, 0.29) is 12.3 Å². The van der Waals surface area contributed by atoms with Gasteiger partial charge in [0.1, 0.15) is 11.8 Å². The van der Waals surface area contributed by atoms with Crippen LogP contribution in [0.2, 0.25) is 0 Å². The minimum atomic E-state index is -0.113. The molecule has 0 aromatic carbocycles. The molecule has 3 aromatic rings. The molecule has 25 heavy (non-hydrogen) atoms. The van der Waals surface area contributed by atoms with Gasteiger partial charge in [0.15, 0.2) is 17.3 Å². The number of nitrogens with two attached hydrogens (primary N) is 1. The van der Waals surface area contributed by atoms with Gasteiger partial charge in [-0.15, -0.1) is 0 Å². The number of amides is 1. The molecular formula is C16H20N8O. The highest BCUT2D eigenvalue weighted by atomic mass is 16.1. The minimum absolute atomic E-state index is 0.113. The van der Waals surface area contributed by atoms with Crippen molar-refractivity contribution in [2.45, 2.75) is 19.9 Å². The van der Waals surface area contributed by atoms with Crippen LogP contribution in [-0.4, -0.2) is 44.5 Å². The number of pyridine rings is 1. The van der Waals surface area contributed by atoms with Crippen LogP contribution in [0.15, 0.2) is 24.8 Å². The maximum absolute atomic E-state index is 12.3. The molecule has 0 unspecified atom stereocenters. The number of rotatable bonds is 5. The van der Waals surface area contributed by atoms with Gasteiger partial charge in [0.2, 0.25) is 5.91 Å². The second-order valence-electron chi connectivity index (χ2n) is 5.89. The Morgan fingerprint density at radius 3 is 2.84 bits per heavy atom. The van der Waals surface area contributed by atoms with Crippen LogP contribution < -0.4 is 16.0 Å². The number of hydrogen-bond donors (Lipinski definition) is 2. The fraction of sp³-hybridized carbons (Fsp3) is 0.312. The van der Waals surface area contributed by atoms with Crippen molar-refractivity contribution >= 4 is 34.4 Å². The van der Waals surface area contributed by atoms with Crippen LogP contribution >= 0.6 is 0 Å². The molecule has 0 fully saturated rings. The molecule has 3 heterocycles. The molecule has 9 heteroatoms. The number of nitrogen functional groups attached to an aromatic ring is 1. The van der Waals surface area contributed by atoms with Gasteiger partial charge in [-0.3, -0.25) is 4.79 Å². The summed E-state index contributed by atoms with van der Waals surface area (Å²) >= 11 is 0. The Labute approximate surface area is 144 Å². The van der Waals surface area contributed by atoms with Gasteiger partial charge in [-0.1, -0.05) is 0 Å². The molecule has 0 aliphatic heterocycles.